The van der Waals surface area contributed by atoms with Gasteiger partial charge >= 0.3 is 0 Å². The molecule has 1 aromatic rings. The van der Waals surface area contributed by atoms with Crippen molar-refractivity contribution in [2.24, 2.45) is 10.9 Å². The van der Waals surface area contributed by atoms with E-state index >= 15 is 0 Å². The van der Waals surface area contributed by atoms with Crippen molar-refractivity contribution in [1.82, 2.24) is 10.2 Å². The van der Waals surface area contributed by atoms with Crippen LogP contribution in [0.5, 0.6) is 0 Å². The molecule has 1 fully saturated rings. The normalized spacial score (nSPS) is 20.8. The number of hydrogen-bond donors (Lipinski definition) is 1. The number of sulfone groups is 1. The summed E-state index contributed by atoms with van der Waals surface area (Å²) in [7, 11) is -0.828. The van der Waals surface area contributed by atoms with E-state index in [9.17, 15) is 8.42 Å². The Kier molecular flexibility index (Phi) is 5.83. The van der Waals surface area contributed by atoms with Crippen molar-refractivity contribution in [1.29, 1.82) is 0 Å². The third-order valence-corrected chi connectivity index (χ3v) is 5.62. The first-order valence-electron chi connectivity index (χ1n) is 7.74. The van der Waals surface area contributed by atoms with E-state index in [1.165, 1.54) is 5.56 Å². The number of aliphatic imine (C=N–C) groups is 1. The smallest absolute Gasteiger partial charge is 0.193 e. The Labute approximate surface area is 133 Å². The summed E-state index contributed by atoms with van der Waals surface area (Å²) in [6.45, 7) is 4.17. The second kappa shape index (κ2) is 7.63. The minimum Gasteiger partial charge on any atom is -0.357 e. The Balaban J connectivity index is 1.97. The molecular formula is C16H25N3O2S. The van der Waals surface area contributed by atoms with Gasteiger partial charge in [-0.05, 0) is 24.8 Å². The molecule has 0 radical (unpaired) electrons. The Morgan fingerprint density at radius 3 is 2.68 bits per heavy atom. The van der Waals surface area contributed by atoms with E-state index in [0.717, 1.165) is 25.5 Å². The highest BCUT2D eigenvalue weighted by molar-refractivity contribution is 7.91. The largest absolute Gasteiger partial charge is 0.357 e. The summed E-state index contributed by atoms with van der Waals surface area (Å²) in [6, 6.07) is 10.2. The van der Waals surface area contributed by atoms with Gasteiger partial charge in [0.1, 0.15) is 0 Å². The predicted octanol–water partition coefficient (Wildman–Crippen LogP) is 1.52. The number of guanidine groups is 1. The van der Waals surface area contributed by atoms with E-state index in [1.807, 2.05) is 32.2 Å². The highest BCUT2D eigenvalue weighted by Gasteiger charge is 2.27. The van der Waals surface area contributed by atoms with Crippen molar-refractivity contribution in [3.05, 3.63) is 35.9 Å². The van der Waals surface area contributed by atoms with Gasteiger partial charge in [-0.2, -0.15) is 0 Å². The predicted molar refractivity (Wildman–Crippen MR) is 90.6 cm³/mol. The van der Waals surface area contributed by atoms with Crippen molar-refractivity contribution in [2.45, 2.75) is 19.9 Å². The molecule has 1 atom stereocenters. The number of nitrogens with one attached hydrogen (secondary N) is 1. The van der Waals surface area contributed by atoms with Gasteiger partial charge in [0.15, 0.2) is 15.8 Å². The molecular weight excluding hydrogens is 298 g/mol. The Bertz CT molecular complexity index is 599. The van der Waals surface area contributed by atoms with Gasteiger partial charge in [0.2, 0.25) is 0 Å². The molecule has 6 heteroatoms. The maximum Gasteiger partial charge on any atom is 0.193 e. The van der Waals surface area contributed by atoms with Gasteiger partial charge in [0, 0.05) is 26.7 Å². The fourth-order valence-electron chi connectivity index (χ4n) is 2.63. The zero-order chi connectivity index (χ0) is 16.0. The second-order valence-electron chi connectivity index (χ2n) is 5.81. The van der Waals surface area contributed by atoms with Crippen molar-refractivity contribution in [2.75, 3.05) is 31.6 Å². The molecule has 1 saturated heterocycles. The van der Waals surface area contributed by atoms with Crippen LogP contribution in [0.15, 0.2) is 35.3 Å². The Morgan fingerprint density at radius 2 is 2.09 bits per heavy atom. The van der Waals surface area contributed by atoms with Gasteiger partial charge in [0.25, 0.3) is 0 Å². The molecule has 0 aliphatic carbocycles. The van der Waals surface area contributed by atoms with Gasteiger partial charge < -0.3 is 10.2 Å². The first-order valence-corrected chi connectivity index (χ1v) is 9.56. The van der Waals surface area contributed by atoms with Gasteiger partial charge in [-0.3, -0.25) is 4.99 Å². The minimum atomic E-state index is -2.83. The van der Waals surface area contributed by atoms with Crippen molar-refractivity contribution in [3.63, 3.8) is 0 Å². The SMILES string of the molecule is CCNC(=NCC1CCS(=O)(=O)C1)N(C)Cc1ccccc1. The van der Waals surface area contributed by atoms with Crippen LogP contribution in [-0.2, 0) is 16.4 Å². The van der Waals surface area contributed by atoms with Crippen LogP contribution < -0.4 is 5.32 Å². The molecule has 2 rings (SSSR count). The molecule has 22 heavy (non-hydrogen) atoms. The molecule has 1 aliphatic rings. The quantitative estimate of drug-likeness (QED) is 0.659. The van der Waals surface area contributed by atoms with Gasteiger partial charge in [-0.15, -0.1) is 0 Å². The van der Waals surface area contributed by atoms with E-state index in [0.29, 0.717) is 12.3 Å². The van der Waals surface area contributed by atoms with Crippen molar-refractivity contribution in [3.8, 4) is 0 Å². The maximum atomic E-state index is 11.5. The summed E-state index contributed by atoms with van der Waals surface area (Å²) in [5.74, 6) is 1.57. The summed E-state index contributed by atoms with van der Waals surface area (Å²) >= 11 is 0. The molecule has 1 N–H and O–H groups in total. The molecule has 0 bridgehead atoms. The third-order valence-electron chi connectivity index (χ3n) is 3.79. The average molecular weight is 323 g/mol. The third kappa shape index (κ3) is 5.02. The first kappa shape index (κ1) is 16.8. The highest BCUT2D eigenvalue weighted by Crippen LogP contribution is 2.18. The zero-order valence-corrected chi connectivity index (χ0v) is 14.1. The lowest BCUT2D eigenvalue weighted by Gasteiger charge is -2.22. The lowest BCUT2D eigenvalue weighted by molar-refractivity contribution is 0.472. The second-order valence-corrected chi connectivity index (χ2v) is 8.03. The molecule has 0 spiro atoms. The van der Waals surface area contributed by atoms with E-state index in [4.69, 9.17) is 0 Å². The number of hydrogen-bond acceptors (Lipinski definition) is 3. The number of benzene rings is 1. The molecule has 1 heterocycles. The molecule has 5 nitrogen and oxygen atoms in total. The van der Waals surface area contributed by atoms with Crippen LogP contribution in [0, 0.1) is 5.92 Å². The Hall–Kier alpha value is -1.56. The maximum absolute atomic E-state index is 11.5. The van der Waals surface area contributed by atoms with Crippen LogP contribution in [0.3, 0.4) is 0 Å². The van der Waals surface area contributed by atoms with E-state index in [1.54, 1.807) is 0 Å². The van der Waals surface area contributed by atoms with Gasteiger partial charge in [0.05, 0.1) is 11.5 Å². The lowest BCUT2D eigenvalue weighted by atomic mass is 10.1. The van der Waals surface area contributed by atoms with Gasteiger partial charge in [-0.25, -0.2) is 8.42 Å². The molecule has 1 unspecified atom stereocenters. The molecule has 0 saturated carbocycles. The zero-order valence-electron chi connectivity index (χ0n) is 13.3. The minimum absolute atomic E-state index is 0.156. The highest BCUT2D eigenvalue weighted by atomic mass is 32.2. The summed E-state index contributed by atoms with van der Waals surface area (Å²) in [4.78, 5) is 6.70. The summed E-state index contributed by atoms with van der Waals surface area (Å²) in [6.07, 6.45) is 0.730. The first-order chi connectivity index (χ1) is 10.5. The summed E-state index contributed by atoms with van der Waals surface area (Å²) in [5, 5.41) is 3.27. The fraction of sp³-hybridized carbons (Fsp3) is 0.562. The summed E-state index contributed by atoms with van der Waals surface area (Å²) < 4.78 is 23.0. The van der Waals surface area contributed by atoms with Crippen LogP contribution in [0.4, 0.5) is 0 Å². The topological polar surface area (TPSA) is 61.8 Å². The molecule has 1 aromatic carbocycles. The average Bonchev–Trinajstić information content (AvgIpc) is 2.83. The van der Waals surface area contributed by atoms with E-state index < -0.39 is 9.84 Å². The van der Waals surface area contributed by atoms with Crippen LogP contribution in [-0.4, -0.2) is 50.9 Å². The van der Waals surface area contributed by atoms with Crippen molar-refractivity contribution < 1.29 is 8.42 Å². The fourth-order valence-corrected chi connectivity index (χ4v) is 4.48. The van der Waals surface area contributed by atoms with Crippen molar-refractivity contribution >= 4 is 15.8 Å². The van der Waals surface area contributed by atoms with E-state index in [-0.39, 0.29) is 11.7 Å². The summed E-state index contributed by atoms with van der Waals surface area (Å²) in [5.41, 5.74) is 1.22. The number of rotatable bonds is 5. The van der Waals surface area contributed by atoms with Crippen LogP contribution in [0.25, 0.3) is 0 Å². The lowest BCUT2D eigenvalue weighted by Crippen LogP contribution is -2.38. The monoisotopic (exact) mass is 323 g/mol. The number of nitrogens with zero attached hydrogens (tertiary/aromatic N) is 2. The standard InChI is InChI=1S/C16H25N3O2S/c1-3-17-16(18-11-15-9-10-22(20,21)13-15)19(2)12-14-7-5-4-6-8-14/h4-8,15H,3,9-13H2,1-2H3,(H,17,18). The molecule has 122 valence electrons. The molecule has 0 aromatic heterocycles. The van der Waals surface area contributed by atoms with E-state index in [2.05, 4.69) is 27.3 Å². The molecule has 0 amide bonds. The Morgan fingerprint density at radius 1 is 1.36 bits per heavy atom. The van der Waals surface area contributed by atoms with Crippen LogP contribution >= 0.6 is 0 Å². The van der Waals surface area contributed by atoms with Gasteiger partial charge in [-0.1, -0.05) is 30.3 Å². The molecule has 1 aliphatic heterocycles. The van der Waals surface area contributed by atoms with Crippen LogP contribution in [0.2, 0.25) is 0 Å². The van der Waals surface area contributed by atoms with Crippen LogP contribution in [0.1, 0.15) is 18.9 Å².